The van der Waals surface area contributed by atoms with Gasteiger partial charge < -0.3 is 15.6 Å². The predicted octanol–water partition coefficient (Wildman–Crippen LogP) is 2.29. The molecule has 0 radical (unpaired) electrons. The summed E-state index contributed by atoms with van der Waals surface area (Å²) in [6.45, 7) is 5.86. The van der Waals surface area contributed by atoms with Gasteiger partial charge in [0.2, 0.25) is 5.91 Å². The predicted molar refractivity (Wildman–Crippen MR) is 83.7 cm³/mol. The van der Waals surface area contributed by atoms with E-state index in [4.69, 9.17) is 10.3 Å². The number of nitrogens with zero attached hydrogens (tertiary/aromatic N) is 2. The molecule has 118 valence electrons. The van der Waals surface area contributed by atoms with Crippen molar-refractivity contribution in [2.45, 2.75) is 39.3 Å². The van der Waals surface area contributed by atoms with Gasteiger partial charge in [0, 0.05) is 5.56 Å². The number of amides is 1. The van der Waals surface area contributed by atoms with Crippen LogP contribution in [0.25, 0.3) is 11.5 Å². The van der Waals surface area contributed by atoms with Gasteiger partial charge in [0.25, 0.3) is 5.89 Å². The van der Waals surface area contributed by atoms with Gasteiger partial charge in [0.15, 0.2) is 5.82 Å². The lowest BCUT2D eigenvalue weighted by molar-refractivity contribution is -0.123. The SMILES string of the molecule is CC(C)C[C@H](N)C(=O)NC(C)c1noc(-c2ccccc2)n1. The van der Waals surface area contributed by atoms with Crippen LogP contribution >= 0.6 is 0 Å². The van der Waals surface area contributed by atoms with Gasteiger partial charge in [-0.25, -0.2) is 0 Å². The van der Waals surface area contributed by atoms with Crippen molar-refractivity contribution in [1.82, 2.24) is 15.5 Å². The van der Waals surface area contributed by atoms with Crippen LogP contribution in [-0.4, -0.2) is 22.1 Å². The number of rotatable bonds is 6. The lowest BCUT2D eigenvalue weighted by Gasteiger charge is -2.16. The molecule has 2 atom stereocenters. The summed E-state index contributed by atoms with van der Waals surface area (Å²) < 4.78 is 5.23. The highest BCUT2D eigenvalue weighted by Crippen LogP contribution is 2.18. The number of carbonyl (C=O) groups is 1. The zero-order chi connectivity index (χ0) is 16.1. The van der Waals surface area contributed by atoms with E-state index >= 15 is 0 Å². The minimum atomic E-state index is -0.525. The number of hydrogen-bond acceptors (Lipinski definition) is 5. The Hall–Kier alpha value is -2.21. The zero-order valence-corrected chi connectivity index (χ0v) is 13.1. The molecule has 0 saturated heterocycles. The number of nitrogens with one attached hydrogen (secondary N) is 1. The van der Waals surface area contributed by atoms with Crippen molar-refractivity contribution < 1.29 is 9.32 Å². The third-order valence-corrected chi connectivity index (χ3v) is 3.27. The molecule has 0 aliphatic heterocycles. The molecule has 6 nitrogen and oxygen atoms in total. The first-order chi connectivity index (χ1) is 10.5. The summed E-state index contributed by atoms with van der Waals surface area (Å²) in [5, 5.41) is 6.74. The van der Waals surface area contributed by atoms with Crippen LogP contribution in [0.1, 0.15) is 39.1 Å². The minimum absolute atomic E-state index is 0.202. The summed E-state index contributed by atoms with van der Waals surface area (Å²) >= 11 is 0. The number of hydrogen-bond donors (Lipinski definition) is 2. The maximum Gasteiger partial charge on any atom is 0.257 e. The standard InChI is InChI=1S/C16H22N4O2/c1-10(2)9-13(17)15(21)18-11(3)14-19-16(22-20-14)12-7-5-4-6-8-12/h4-8,10-11,13H,9,17H2,1-3H3,(H,18,21)/t11?,13-/m0/s1. The Kier molecular flexibility index (Phi) is 5.27. The molecule has 0 saturated carbocycles. The molecule has 22 heavy (non-hydrogen) atoms. The Morgan fingerprint density at radius 2 is 1.95 bits per heavy atom. The van der Waals surface area contributed by atoms with Crippen LogP contribution < -0.4 is 11.1 Å². The molecule has 1 aromatic carbocycles. The molecule has 0 aliphatic carbocycles. The lowest BCUT2D eigenvalue weighted by atomic mass is 10.0. The molecule has 2 rings (SSSR count). The summed E-state index contributed by atoms with van der Waals surface area (Å²) in [6.07, 6.45) is 0.639. The summed E-state index contributed by atoms with van der Waals surface area (Å²) in [5.74, 6) is 1.03. The quantitative estimate of drug-likeness (QED) is 0.853. The maximum atomic E-state index is 12.0. The monoisotopic (exact) mass is 302 g/mol. The van der Waals surface area contributed by atoms with Crippen molar-refractivity contribution in [2.75, 3.05) is 0 Å². The molecule has 6 heteroatoms. The van der Waals surface area contributed by atoms with Gasteiger partial charge in [0.05, 0.1) is 12.1 Å². The summed E-state index contributed by atoms with van der Waals surface area (Å²) in [6, 6.07) is 8.61. The Labute approximate surface area is 130 Å². The molecule has 1 heterocycles. The average molecular weight is 302 g/mol. The Balaban J connectivity index is 2.00. The van der Waals surface area contributed by atoms with Crippen LogP contribution in [0, 0.1) is 5.92 Å². The number of nitrogens with two attached hydrogens (primary N) is 1. The van der Waals surface area contributed by atoms with Gasteiger partial charge in [-0.05, 0) is 31.4 Å². The topological polar surface area (TPSA) is 94.0 Å². The van der Waals surface area contributed by atoms with Crippen molar-refractivity contribution in [2.24, 2.45) is 11.7 Å². The number of benzene rings is 1. The smallest absolute Gasteiger partial charge is 0.257 e. The van der Waals surface area contributed by atoms with Crippen molar-refractivity contribution in [1.29, 1.82) is 0 Å². The van der Waals surface area contributed by atoms with Gasteiger partial charge in [0.1, 0.15) is 0 Å². The van der Waals surface area contributed by atoms with E-state index in [-0.39, 0.29) is 11.9 Å². The molecule has 0 bridgehead atoms. The average Bonchev–Trinajstić information content (AvgIpc) is 2.97. The highest BCUT2D eigenvalue weighted by atomic mass is 16.5. The van der Waals surface area contributed by atoms with Gasteiger partial charge in [-0.3, -0.25) is 4.79 Å². The zero-order valence-electron chi connectivity index (χ0n) is 13.1. The molecule has 1 aromatic heterocycles. The normalized spacial score (nSPS) is 13.9. The second-order valence-electron chi connectivity index (χ2n) is 5.79. The summed E-state index contributed by atoms with van der Waals surface area (Å²) in [7, 11) is 0. The van der Waals surface area contributed by atoms with E-state index in [9.17, 15) is 4.79 Å². The van der Waals surface area contributed by atoms with E-state index in [1.54, 1.807) is 6.92 Å². The van der Waals surface area contributed by atoms with E-state index in [1.807, 2.05) is 44.2 Å². The lowest BCUT2D eigenvalue weighted by Crippen LogP contribution is -2.42. The van der Waals surface area contributed by atoms with E-state index in [0.717, 1.165) is 5.56 Å². The third-order valence-electron chi connectivity index (χ3n) is 3.27. The molecule has 0 aliphatic rings. The second kappa shape index (κ2) is 7.17. The second-order valence-corrected chi connectivity index (χ2v) is 5.79. The molecule has 1 amide bonds. The number of aromatic nitrogens is 2. The minimum Gasteiger partial charge on any atom is -0.345 e. The van der Waals surface area contributed by atoms with Crippen LogP contribution in [0.3, 0.4) is 0 Å². The molecule has 3 N–H and O–H groups in total. The van der Waals surface area contributed by atoms with E-state index in [2.05, 4.69) is 15.5 Å². The van der Waals surface area contributed by atoms with Crippen molar-refractivity contribution in [3.63, 3.8) is 0 Å². The molecular weight excluding hydrogens is 280 g/mol. The van der Waals surface area contributed by atoms with Crippen LogP contribution in [0.15, 0.2) is 34.9 Å². The number of carbonyl (C=O) groups excluding carboxylic acids is 1. The van der Waals surface area contributed by atoms with Gasteiger partial charge in [-0.2, -0.15) is 4.98 Å². The first-order valence-corrected chi connectivity index (χ1v) is 7.42. The van der Waals surface area contributed by atoms with Gasteiger partial charge in [-0.15, -0.1) is 0 Å². The van der Waals surface area contributed by atoms with Gasteiger partial charge in [-0.1, -0.05) is 37.2 Å². The van der Waals surface area contributed by atoms with Gasteiger partial charge >= 0.3 is 0 Å². The fraction of sp³-hybridized carbons (Fsp3) is 0.438. The van der Waals surface area contributed by atoms with Crippen molar-refractivity contribution in [3.8, 4) is 11.5 Å². The Morgan fingerprint density at radius 1 is 1.27 bits per heavy atom. The van der Waals surface area contributed by atoms with Crippen molar-refractivity contribution in [3.05, 3.63) is 36.2 Å². The first-order valence-electron chi connectivity index (χ1n) is 7.42. The first kappa shape index (κ1) is 16.2. The largest absolute Gasteiger partial charge is 0.345 e. The highest BCUT2D eigenvalue weighted by molar-refractivity contribution is 5.81. The Bertz CT molecular complexity index is 610. The summed E-state index contributed by atoms with van der Waals surface area (Å²) in [4.78, 5) is 16.3. The molecule has 0 fully saturated rings. The van der Waals surface area contributed by atoms with Crippen molar-refractivity contribution >= 4 is 5.91 Å². The van der Waals surface area contributed by atoms with E-state index < -0.39 is 6.04 Å². The maximum absolute atomic E-state index is 12.0. The van der Waals surface area contributed by atoms with E-state index in [1.165, 1.54) is 0 Å². The molecule has 1 unspecified atom stereocenters. The third kappa shape index (κ3) is 4.14. The summed E-state index contributed by atoms with van der Waals surface area (Å²) in [5.41, 5.74) is 6.71. The fourth-order valence-corrected chi connectivity index (χ4v) is 2.11. The Morgan fingerprint density at radius 3 is 2.59 bits per heavy atom. The van der Waals surface area contributed by atoms with Crippen LogP contribution in [0.2, 0.25) is 0 Å². The van der Waals surface area contributed by atoms with Crippen LogP contribution in [-0.2, 0) is 4.79 Å². The highest BCUT2D eigenvalue weighted by Gasteiger charge is 2.21. The molecule has 2 aromatic rings. The molecular formula is C16H22N4O2. The fourth-order valence-electron chi connectivity index (χ4n) is 2.11. The van der Waals surface area contributed by atoms with Crippen LogP contribution in [0.4, 0.5) is 0 Å². The molecule has 0 spiro atoms. The van der Waals surface area contributed by atoms with Crippen LogP contribution in [0.5, 0.6) is 0 Å². The van der Waals surface area contributed by atoms with E-state index in [0.29, 0.717) is 24.1 Å².